The number of aromatic nitrogens is 2. The second kappa shape index (κ2) is 6.47. The number of nitrogens with zero attached hydrogens (tertiary/aromatic N) is 4. The Morgan fingerprint density at radius 3 is 2.84 bits per heavy atom. The third kappa shape index (κ3) is 2.99. The Bertz CT molecular complexity index is 802. The molecule has 2 aromatic rings. The van der Waals surface area contributed by atoms with Gasteiger partial charge in [0.2, 0.25) is 0 Å². The molecule has 5 nitrogen and oxygen atoms in total. The SMILES string of the molecule is CN(C)c1cncc(C2CCCN2C(=O)c2ccc3c(c2)CCC3)n1. The topological polar surface area (TPSA) is 49.3 Å². The van der Waals surface area contributed by atoms with Crippen LogP contribution < -0.4 is 4.90 Å². The van der Waals surface area contributed by atoms with Crippen LogP contribution in [0.4, 0.5) is 5.82 Å². The van der Waals surface area contributed by atoms with E-state index in [0.717, 1.165) is 49.3 Å². The van der Waals surface area contributed by atoms with Crippen molar-refractivity contribution < 1.29 is 4.79 Å². The molecule has 0 N–H and O–H groups in total. The Morgan fingerprint density at radius 2 is 2.00 bits per heavy atom. The number of fused-ring (bicyclic) bond motifs is 1. The second-order valence-electron chi connectivity index (χ2n) is 7.19. The maximum Gasteiger partial charge on any atom is 0.254 e. The number of carbonyl (C=O) groups is 1. The van der Waals surface area contributed by atoms with Gasteiger partial charge in [0.1, 0.15) is 5.82 Å². The maximum atomic E-state index is 13.1. The van der Waals surface area contributed by atoms with Crippen molar-refractivity contribution in [2.45, 2.75) is 38.1 Å². The molecule has 1 aromatic heterocycles. The predicted octanol–water partition coefficient (Wildman–Crippen LogP) is 3.01. The fourth-order valence-corrected chi connectivity index (χ4v) is 3.93. The molecule has 130 valence electrons. The van der Waals surface area contributed by atoms with E-state index < -0.39 is 0 Å². The van der Waals surface area contributed by atoms with Gasteiger partial charge in [0.15, 0.2) is 0 Å². The van der Waals surface area contributed by atoms with Gasteiger partial charge in [-0.1, -0.05) is 6.07 Å². The number of benzene rings is 1. The number of hydrogen-bond donors (Lipinski definition) is 0. The van der Waals surface area contributed by atoms with Crippen molar-refractivity contribution in [2.75, 3.05) is 25.5 Å². The fraction of sp³-hybridized carbons (Fsp3) is 0.450. The van der Waals surface area contributed by atoms with E-state index in [1.54, 1.807) is 12.4 Å². The first-order chi connectivity index (χ1) is 12.1. The van der Waals surface area contributed by atoms with Crippen molar-refractivity contribution in [1.82, 2.24) is 14.9 Å². The maximum absolute atomic E-state index is 13.1. The van der Waals surface area contributed by atoms with Gasteiger partial charge in [-0.05, 0) is 55.4 Å². The Labute approximate surface area is 148 Å². The molecular weight excluding hydrogens is 312 g/mol. The molecule has 1 fully saturated rings. The molecule has 2 heterocycles. The monoisotopic (exact) mass is 336 g/mol. The minimum absolute atomic E-state index is 0.0214. The Kier molecular flexibility index (Phi) is 4.15. The average Bonchev–Trinajstić information content (AvgIpc) is 3.29. The first-order valence-corrected chi connectivity index (χ1v) is 9.05. The summed E-state index contributed by atoms with van der Waals surface area (Å²) in [7, 11) is 3.91. The number of anilines is 1. The molecule has 1 aromatic carbocycles. The Balaban J connectivity index is 1.61. The molecule has 0 radical (unpaired) electrons. The van der Waals surface area contributed by atoms with Gasteiger partial charge in [0, 0.05) is 26.2 Å². The third-order valence-corrected chi connectivity index (χ3v) is 5.30. The third-order valence-electron chi connectivity index (χ3n) is 5.30. The normalized spacial score (nSPS) is 19.1. The van der Waals surface area contributed by atoms with Gasteiger partial charge in [0.05, 0.1) is 24.1 Å². The highest BCUT2D eigenvalue weighted by atomic mass is 16.2. The van der Waals surface area contributed by atoms with Gasteiger partial charge in [-0.15, -0.1) is 0 Å². The number of carbonyl (C=O) groups excluding carboxylic acids is 1. The van der Waals surface area contributed by atoms with E-state index >= 15 is 0 Å². The summed E-state index contributed by atoms with van der Waals surface area (Å²) in [6.07, 6.45) is 8.94. The molecule has 0 spiro atoms. The number of hydrogen-bond acceptors (Lipinski definition) is 4. The molecular formula is C20H24N4O. The molecule has 4 rings (SSSR count). The summed E-state index contributed by atoms with van der Waals surface area (Å²) in [6.45, 7) is 0.786. The van der Waals surface area contributed by atoms with Gasteiger partial charge < -0.3 is 9.80 Å². The van der Waals surface area contributed by atoms with Gasteiger partial charge in [0.25, 0.3) is 5.91 Å². The highest BCUT2D eigenvalue weighted by Crippen LogP contribution is 2.33. The van der Waals surface area contributed by atoms with Gasteiger partial charge in [-0.2, -0.15) is 0 Å². The van der Waals surface area contributed by atoms with Crippen LogP contribution in [0.2, 0.25) is 0 Å². The first kappa shape index (κ1) is 16.1. The van der Waals surface area contributed by atoms with Crippen LogP contribution in [0, 0.1) is 0 Å². The summed E-state index contributed by atoms with van der Waals surface area (Å²) in [5, 5.41) is 0. The number of rotatable bonds is 3. The Hall–Kier alpha value is -2.43. The zero-order valence-corrected chi connectivity index (χ0v) is 14.9. The lowest BCUT2D eigenvalue weighted by Gasteiger charge is -2.25. The summed E-state index contributed by atoms with van der Waals surface area (Å²) in [5.41, 5.74) is 4.44. The molecule has 1 saturated heterocycles. The number of aryl methyl sites for hydroxylation is 2. The predicted molar refractivity (Wildman–Crippen MR) is 97.8 cm³/mol. The van der Waals surface area contributed by atoms with Crippen LogP contribution in [0.3, 0.4) is 0 Å². The molecule has 0 saturated carbocycles. The molecule has 1 unspecified atom stereocenters. The summed E-state index contributed by atoms with van der Waals surface area (Å²) < 4.78 is 0. The van der Waals surface area contributed by atoms with Crippen LogP contribution in [0.25, 0.3) is 0 Å². The summed E-state index contributed by atoms with van der Waals surface area (Å²) in [5.74, 6) is 0.948. The van der Waals surface area contributed by atoms with Crippen LogP contribution in [-0.2, 0) is 12.8 Å². The van der Waals surface area contributed by atoms with E-state index in [4.69, 9.17) is 4.98 Å². The summed E-state index contributed by atoms with van der Waals surface area (Å²) in [4.78, 5) is 26.1. The lowest BCUT2D eigenvalue weighted by molar-refractivity contribution is 0.0732. The van der Waals surface area contributed by atoms with Crippen molar-refractivity contribution in [1.29, 1.82) is 0 Å². The Morgan fingerprint density at radius 1 is 1.16 bits per heavy atom. The average molecular weight is 336 g/mol. The molecule has 0 bridgehead atoms. The minimum atomic E-state index is 0.0214. The lowest BCUT2D eigenvalue weighted by atomic mass is 10.0. The van der Waals surface area contributed by atoms with E-state index in [2.05, 4.69) is 17.1 Å². The summed E-state index contributed by atoms with van der Waals surface area (Å²) >= 11 is 0. The zero-order valence-electron chi connectivity index (χ0n) is 14.9. The van der Waals surface area contributed by atoms with Crippen LogP contribution in [-0.4, -0.2) is 41.4 Å². The largest absolute Gasteiger partial charge is 0.361 e. The van der Waals surface area contributed by atoms with E-state index in [1.165, 1.54) is 17.5 Å². The highest BCUT2D eigenvalue weighted by Gasteiger charge is 2.32. The van der Waals surface area contributed by atoms with Gasteiger partial charge >= 0.3 is 0 Å². The lowest BCUT2D eigenvalue weighted by Crippen LogP contribution is -2.31. The smallest absolute Gasteiger partial charge is 0.254 e. The van der Waals surface area contributed by atoms with Crippen LogP contribution in [0.1, 0.15) is 52.5 Å². The number of amides is 1. The molecule has 2 aliphatic rings. The van der Waals surface area contributed by atoms with E-state index in [0.29, 0.717) is 0 Å². The molecule has 25 heavy (non-hydrogen) atoms. The fourth-order valence-electron chi connectivity index (χ4n) is 3.93. The number of likely N-dealkylation sites (tertiary alicyclic amines) is 1. The van der Waals surface area contributed by atoms with E-state index in [9.17, 15) is 4.79 Å². The standard InChI is InChI=1S/C20H24N4O/c1-23(2)19-13-21-12-17(22-19)18-7-4-10-24(18)20(25)16-9-8-14-5-3-6-15(14)11-16/h8-9,11-13,18H,3-7,10H2,1-2H3. The second-order valence-corrected chi connectivity index (χ2v) is 7.19. The summed E-state index contributed by atoms with van der Waals surface area (Å²) in [6, 6.07) is 6.24. The van der Waals surface area contributed by atoms with Gasteiger partial charge in [-0.25, -0.2) is 4.98 Å². The van der Waals surface area contributed by atoms with Crippen molar-refractivity contribution >= 4 is 11.7 Å². The molecule has 1 amide bonds. The molecule has 1 aliphatic carbocycles. The molecule has 1 aliphatic heterocycles. The van der Waals surface area contributed by atoms with Crippen molar-refractivity contribution in [3.63, 3.8) is 0 Å². The van der Waals surface area contributed by atoms with E-state index in [-0.39, 0.29) is 11.9 Å². The van der Waals surface area contributed by atoms with Crippen LogP contribution in [0.5, 0.6) is 0 Å². The van der Waals surface area contributed by atoms with Crippen molar-refractivity contribution in [2.24, 2.45) is 0 Å². The molecule has 1 atom stereocenters. The zero-order chi connectivity index (χ0) is 17.4. The molecule has 5 heteroatoms. The van der Waals surface area contributed by atoms with Crippen LogP contribution >= 0.6 is 0 Å². The van der Waals surface area contributed by atoms with Crippen molar-refractivity contribution in [3.8, 4) is 0 Å². The van der Waals surface area contributed by atoms with Crippen LogP contribution in [0.15, 0.2) is 30.6 Å². The first-order valence-electron chi connectivity index (χ1n) is 9.05. The quantitative estimate of drug-likeness (QED) is 0.864. The van der Waals surface area contributed by atoms with Crippen molar-refractivity contribution in [3.05, 3.63) is 53.0 Å². The minimum Gasteiger partial charge on any atom is -0.361 e. The van der Waals surface area contributed by atoms with Gasteiger partial charge in [-0.3, -0.25) is 9.78 Å². The van der Waals surface area contributed by atoms with E-state index in [1.807, 2.05) is 30.0 Å². The highest BCUT2D eigenvalue weighted by molar-refractivity contribution is 5.95.